The van der Waals surface area contributed by atoms with Crippen molar-refractivity contribution in [3.05, 3.63) is 0 Å². The van der Waals surface area contributed by atoms with Crippen molar-refractivity contribution in [3.8, 4) is 0 Å². The fourth-order valence-electron chi connectivity index (χ4n) is 0.520. The molecule has 0 aliphatic rings. The van der Waals surface area contributed by atoms with Gasteiger partial charge in [0.2, 0.25) is 5.91 Å². The Hall–Kier alpha value is -0.860. The Balaban J connectivity index is 3.91. The Morgan fingerprint density at radius 3 is 2.45 bits per heavy atom. The predicted molar refractivity (Wildman–Crippen MR) is 43.1 cm³/mol. The van der Waals surface area contributed by atoms with Crippen molar-refractivity contribution >= 4 is 12.2 Å². The van der Waals surface area contributed by atoms with Crippen LogP contribution < -0.4 is 5.32 Å². The molecule has 0 aromatic rings. The van der Waals surface area contributed by atoms with Crippen LogP contribution in [-0.4, -0.2) is 18.7 Å². The lowest BCUT2D eigenvalue weighted by atomic mass is 9.95. The number of aldehydes is 1. The van der Waals surface area contributed by atoms with Gasteiger partial charge in [-0.25, -0.2) is 0 Å². The van der Waals surface area contributed by atoms with Crippen molar-refractivity contribution in [2.24, 2.45) is 5.41 Å². The average Bonchev–Trinajstić information content (AvgIpc) is 2.00. The van der Waals surface area contributed by atoms with Gasteiger partial charge in [0.25, 0.3) is 0 Å². The normalized spacial score (nSPS) is 10.8. The highest BCUT2D eigenvalue weighted by Crippen LogP contribution is 2.09. The first-order chi connectivity index (χ1) is 5.04. The summed E-state index contributed by atoms with van der Waals surface area (Å²) in [5.41, 5.74) is -0.880. The predicted octanol–water partition coefficient (Wildman–Crippen LogP) is 0.738. The first-order valence-corrected chi connectivity index (χ1v) is 3.79. The molecule has 11 heavy (non-hydrogen) atoms. The van der Waals surface area contributed by atoms with E-state index in [-0.39, 0.29) is 5.91 Å². The monoisotopic (exact) mass is 157 g/mol. The van der Waals surface area contributed by atoms with E-state index >= 15 is 0 Å². The Morgan fingerprint density at radius 2 is 2.09 bits per heavy atom. The van der Waals surface area contributed by atoms with Crippen LogP contribution >= 0.6 is 0 Å². The quantitative estimate of drug-likeness (QED) is 0.483. The molecule has 64 valence electrons. The Morgan fingerprint density at radius 1 is 1.55 bits per heavy atom. The molecule has 0 saturated carbocycles. The van der Waals surface area contributed by atoms with Crippen molar-refractivity contribution in [2.75, 3.05) is 6.54 Å². The van der Waals surface area contributed by atoms with Crippen LogP contribution in [0.2, 0.25) is 0 Å². The van der Waals surface area contributed by atoms with Crippen LogP contribution in [0, 0.1) is 5.41 Å². The summed E-state index contributed by atoms with van der Waals surface area (Å²) in [4.78, 5) is 21.5. The number of carbonyl (C=O) groups excluding carboxylic acids is 2. The van der Waals surface area contributed by atoms with E-state index in [1.54, 1.807) is 13.8 Å². The fraction of sp³-hybridized carbons (Fsp3) is 0.750. The third-order valence-corrected chi connectivity index (χ3v) is 1.42. The van der Waals surface area contributed by atoms with Crippen molar-refractivity contribution in [3.63, 3.8) is 0 Å². The first kappa shape index (κ1) is 10.1. The Labute approximate surface area is 67.2 Å². The van der Waals surface area contributed by atoms with E-state index in [4.69, 9.17) is 0 Å². The molecule has 0 spiro atoms. The second-order valence-electron chi connectivity index (χ2n) is 3.10. The summed E-state index contributed by atoms with van der Waals surface area (Å²) in [5, 5.41) is 2.65. The first-order valence-electron chi connectivity index (χ1n) is 3.79. The minimum atomic E-state index is -0.880. The number of hydrogen-bond acceptors (Lipinski definition) is 2. The molecule has 0 rings (SSSR count). The lowest BCUT2D eigenvalue weighted by Crippen LogP contribution is -2.38. The van der Waals surface area contributed by atoms with Gasteiger partial charge in [-0.15, -0.1) is 0 Å². The standard InChI is InChI=1S/C8H15NO2/c1-4-5-9-7(11)8(2,3)6-10/h6H,4-5H2,1-3H3,(H,9,11). The van der Waals surface area contributed by atoms with Crippen molar-refractivity contribution < 1.29 is 9.59 Å². The largest absolute Gasteiger partial charge is 0.355 e. The van der Waals surface area contributed by atoms with Gasteiger partial charge in [-0.2, -0.15) is 0 Å². The maximum absolute atomic E-state index is 11.1. The van der Waals surface area contributed by atoms with E-state index in [9.17, 15) is 9.59 Å². The highest BCUT2D eigenvalue weighted by Gasteiger charge is 2.25. The number of hydrogen-bond donors (Lipinski definition) is 1. The molecule has 3 heteroatoms. The fourth-order valence-corrected chi connectivity index (χ4v) is 0.520. The van der Waals surface area contributed by atoms with Crippen LogP contribution in [-0.2, 0) is 9.59 Å². The molecule has 0 aliphatic carbocycles. The molecular formula is C8H15NO2. The summed E-state index contributed by atoms with van der Waals surface area (Å²) in [6, 6.07) is 0. The van der Waals surface area contributed by atoms with Crippen LogP contribution in [0.4, 0.5) is 0 Å². The smallest absolute Gasteiger partial charge is 0.232 e. The van der Waals surface area contributed by atoms with Crippen molar-refractivity contribution in [2.45, 2.75) is 27.2 Å². The van der Waals surface area contributed by atoms with E-state index in [0.29, 0.717) is 12.8 Å². The van der Waals surface area contributed by atoms with Crippen LogP contribution in [0.5, 0.6) is 0 Å². The van der Waals surface area contributed by atoms with E-state index < -0.39 is 5.41 Å². The maximum atomic E-state index is 11.1. The van der Waals surface area contributed by atoms with Gasteiger partial charge in [0.15, 0.2) is 0 Å². The average molecular weight is 157 g/mol. The number of amides is 1. The van der Waals surface area contributed by atoms with E-state index in [2.05, 4.69) is 5.32 Å². The lowest BCUT2D eigenvalue weighted by Gasteiger charge is -2.15. The third kappa shape index (κ3) is 3.16. The molecule has 0 bridgehead atoms. The number of rotatable bonds is 4. The number of nitrogens with one attached hydrogen (secondary N) is 1. The molecule has 0 saturated heterocycles. The summed E-state index contributed by atoms with van der Waals surface area (Å²) < 4.78 is 0. The topological polar surface area (TPSA) is 46.2 Å². The van der Waals surface area contributed by atoms with E-state index in [0.717, 1.165) is 6.42 Å². The van der Waals surface area contributed by atoms with Gasteiger partial charge in [-0.1, -0.05) is 6.92 Å². The zero-order valence-corrected chi connectivity index (χ0v) is 7.31. The van der Waals surface area contributed by atoms with Crippen molar-refractivity contribution in [1.29, 1.82) is 0 Å². The zero-order chi connectivity index (χ0) is 8.91. The third-order valence-electron chi connectivity index (χ3n) is 1.42. The molecule has 0 unspecified atom stereocenters. The highest BCUT2D eigenvalue weighted by atomic mass is 16.2. The second-order valence-corrected chi connectivity index (χ2v) is 3.10. The molecule has 0 aliphatic heterocycles. The molecule has 0 aromatic carbocycles. The van der Waals surface area contributed by atoms with Gasteiger partial charge in [0, 0.05) is 6.54 Å². The molecule has 3 nitrogen and oxygen atoms in total. The van der Waals surface area contributed by atoms with Gasteiger partial charge in [0.05, 0.1) is 5.41 Å². The summed E-state index contributed by atoms with van der Waals surface area (Å²) in [6.07, 6.45) is 1.55. The summed E-state index contributed by atoms with van der Waals surface area (Å²) >= 11 is 0. The summed E-state index contributed by atoms with van der Waals surface area (Å²) in [7, 11) is 0. The van der Waals surface area contributed by atoms with E-state index in [1.807, 2.05) is 6.92 Å². The zero-order valence-electron chi connectivity index (χ0n) is 7.31. The maximum Gasteiger partial charge on any atom is 0.232 e. The highest BCUT2D eigenvalue weighted by molar-refractivity contribution is 5.95. The second kappa shape index (κ2) is 4.11. The molecule has 0 aromatic heterocycles. The molecular weight excluding hydrogens is 142 g/mol. The molecule has 0 heterocycles. The van der Waals surface area contributed by atoms with Crippen LogP contribution in [0.3, 0.4) is 0 Å². The molecule has 1 N–H and O–H groups in total. The molecule has 0 radical (unpaired) electrons. The van der Waals surface area contributed by atoms with Gasteiger partial charge in [-0.3, -0.25) is 4.79 Å². The van der Waals surface area contributed by atoms with Crippen LogP contribution in [0.25, 0.3) is 0 Å². The number of carbonyl (C=O) groups is 2. The van der Waals surface area contributed by atoms with Crippen molar-refractivity contribution in [1.82, 2.24) is 5.32 Å². The SMILES string of the molecule is CCCNC(=O)C(C)(C)C=O. The Bertz CT molecular complexity index is 152. The van der Waals surface area contributed by atoms with Crippen LogP contribution in [0.15, 0.2) is 0 Å². The molecule has 0 fully saturated rings. The van der Waals surface area contributed by atoms with E-state index in [1.165, 1.54) is 0 Å². The molecule has 0 atom stereocenters. The van der Waals surface area contributed by atoms with Gasteiger partial charge in [-0.05, 0) is 20.3 Å². The minimum absolute atomic E-state index is 0.200. The summed E-state index contributed by atoms with van der Waals surface area (Å²) in [6.45, 7) is 5.81. The molecule has 1 amide bonds. The lowest BCUT2D eigenvalue weighted by molar-refractivity contribution is -0.134. The van der Waals surface area contributed by atoms with Crippen LogP contribution in [0.1, 0.15) is 27.2 Å². The van der Waals surface area contributed by atoms with Gasteiger partial charge < -0.3 is 10.1 Å². The minimum Gasteiger partial charge on any atom is -0.355 e. The van der Waals surface area contributed by atoms with Gasteiger partial charge in [0.1, 0.15) is 6.29 Å². The Kier molecular flexibility index (Phi) is 3.79. The van der Waals surface area contributed by atoms with Gasteiger partial charge >= 0.3 is 0 Å². The summed E-state index contributed by atoms with van der Waals surface area (Å²) in [5.74, 6) is -0.200.